The van der Waals surface area contributed by atoms with Crippen molar-refractivity contribution in [1.82, 2.24) is 18.6 Å². The lowest BCUT2D eigenvalue weighted by atomic mass is 10.2. The summed E-state index contributed by atoms with van der Waals surface area (Å²) in [5.41, 5.74) is 0. The van der Waals surface area contributed by atoms with E-state index in [1.807, 2.05) is 13.8 Å². The van der Waals surface area contributed by atoms with Gasteiger partial charge in [0.1, 0.15) is 5.82 Å². The normalized spacial score (nSPS) is 24.2. The topological polar surface area (TPSA) is 113 Å². The van der Waals surface area contributed by atoms with Crippen LogP contribution in [-0.2, 0) is 24.8 Å². The summed E-state index contributed by atoms with van der Waals surface area (Å²) in [5, 5.41) is -0.706. The van der Waals surface area contributed by atoms with E-state index in [0.717, 1.165) is 0 Å². The summed E-state index contributed by atoms with van der Waals surface area (Å²) in [7, 11) is -7.34. The van der Waals surface area contributed by atoms with Crippen molar-refractivity contribution < 1.29 is 21.6 Å². The Balaban J connectivity index is 1.78. The van der Waals surface area contributed by atoms with Gasteiger partial charge < -0.3 is 9.72 Å². The number of piperidine rings is 1. The Labute approximate surface area is 154 Å². The number of imidazole rings is 1. The van der Waals surface area contributed by atoms with E-state index in [1.165, 1.54) is 14.8 Å². The van der Waals surface area contributed by atoms with Gasteiger partial charge in [-0.15, -0.1) is 0 Å². The molecule has 3 heterocycles. The quantitative estimate of drug-likeness (QED) is 0.755. The van der Waals surface area contributed by atoms with Crippen LogP contribution >= 0.6 is 0 Å². The lowest BCUT2D eigenvalue weighted by Gasteiger charge is -2.35. The molecule has 148 valence electrons. The molecule has 9 nitrogen and oxygen atoms in total. The lowest BCUT2D eigenvalue weighted by Crippen LogP contribution is -2.51. The van der Waals surface area contributed by atoms with Crippen LogP contribution in [0.4, 0.5) is 0 Å². The molecule has 26 heavy (non-hydrogen) atoms. The Morgan fingerprint density at radius 2 is 1.85 bits per heavy atom. The molecule has 0 amide bonds. The first-order valence-electron chi connectivity index (χ1n) is 8.84. The SMILES string of the molecule is CC(C)c1ncc(S(=O)(=O)N2CCCC(S(=O)(=O)N3CCOCC3)C2)[nH]1. The van der Waals surface area contributed by atoms with Crippen LogP contribution in [0.5, 0.6) is 0 Å². The van der Waals surface area contributed by atoms with Gasteiger partial charge in [-0.2, -0.15) is 8.61 Å². The minimum atomic E-state index is -3.79. The van der Waals surface area contributed by atoms with E-state index in [9.17, 15) is 16.8 Å². The van der Waals surface area contributed by atoms with Gasteiger partial charge in [0.15, 0.2) is 5.03 Å². The van der Waals surface area contributed by atoms with Crippen molar-refractivity contribution in [1.29, 1.82) is 0 Å². The maximum Gasteiger partial charge on any atom is 0.260 e. The van der Waals surface area contributed by atoms with Crippen LogP contribution in [0.2, 0.25) is 0 Å². The second-order valence-corrected chi connectivity index (χ2v) is 11.1. The predicted molar refractivity (Wildman–Crippen MR) is 95.8 cm³/mol. The summed E-state index contributed by atoms with van der Waals surface area (Å²) in [4.78, 5) is 6.97. The van der Waals surface area contributed by atoms with Gasteiger partial charge in [-0.05, 0) is 12.8 Å². The Morgan fingerprint density at radius 1 is 1.15 bits per heavy atom. The summed E-state index contributed by atoms with van der Waals surface area (Å²) in [6.07, 6.45) is 2.29. The van der Waals surface area contributed by atoms with Crippen LogP contribution in [0, 0.1) is 0 Å². The zero-order valence-corrected chi connectivity index (χ0v) is 16.7. The van der Waals surface area contributed by atoms with Gasteiger partial charge in [0.2, 0.25) is 10.0 Å². The third kappa shape index (κ3) is 3.81. The Kier molecular flexibility index (Phi) is 5.73. The summed E-state index contributed by atoms with van der Waals surface area (Å²) in [6.45, 7) is 5.52. The summed E-state index contributed by atoms with van der Waals surface area (Å²) < 4.78 is 59.4. The van der Waals surface area contributed by atoms with Gasteiger partial charge in [-0.25, -0.2) is 21.8 Å². The van der Waals surface area contributed by atoms with Gasteiger partial charge in [-0.1, -0.05) is 13.8 Å². The van der Waals surface area contributed by atoms with Crippen LogP contribution in [0.3, 0.4) is 0 Å². The number of aromatic amines is 1. The largest absolute Gasteiger partial charge is 0.379 e. The summed E-state index contributed by atoms with van der Waals surface area (Å²) in [6, 6.07) is 0. The molecule has 1 N–H and O–H groups in total. The van der Waals surface area contributed by atoms with Crippen molar-refractivity contribution in [2.45, 2.75) is 42.9 Å². The first-order valence-corrected chi connectivity index (χ1v) is 11.8. The van der Waals surface area contributed by atoms with E-state index < -0.39 is 25.3 Å². The molecule has 3 rings (SSSR count). The fourth-order valence-corrected chi connectivity index (χ4v) is 6.71. The number of morpholine rings is 1. The highest BCUT2D eigenvalue weighted by atomic mass is 32.2. The molecule has 0 spiro atoms. The van der Waals surface area contributed by atoms with Gasteiger partial charge in [0, 0.05) is 32.1 Å². The van der Waals surface area contributed by atoms with Crippen LogP contribution in [0.15, 0.2) is 11.2 Å². The van der Waals surface area contributed by atoms with Gasteiger partial charge >= 0.3 is 0 Å². The molecular weight excluding hydrogens is 380 g/mol. The first-order chi connectivity index (χ1) is 12.2. The van der Waals surface area contributed by atoms with Gasteiger partial charge in [0.05, 0.1) is 24.7 Å². The van der Waals surface area contributed by atoms with E-state index in [2.05, 4.69) is 9.97 Å². The maximum atomic E-state index is 12.9. The molecule has 2 saturated heterocycles. The van der Waals surface area contributed by atoms with Crippen LogP contribution in [-0.4, -0.2) is 80.1 Å². The molecule has 0 saturated carbocycles. The Hall–Kier alpha value is -1.01. The molecule has 1 atom stereocenters. The predicted octanol–water partition coefficient (Wildman–Crippen LogP) is 0.348. The van der Waals surface area contributed by atoms with Crippen molar-refractivity contribution in [2.75, 3.05) is 39.4 Å². The molecule has 0 bridgehead atoms. The molecule has 1 unspecified atom stereocenters. The number of ether oxygens (including phenoxy) is 1. The molecule has 0 aliphatic carbocycles. The summed E-state index contributed by atoms with van der Waals surface area (Å²) in [5.74, 6) is 0.674. The number of hydrogen-bond donors (Lipinski definition) is 1. The minimum absolute atomic E-state index is 0.0191. The second kappa shape index (κ2) is 7.55. The standard InChI is InChI=1S/C15H26N4O5S2/c1-12(2)15-16-10-14(17-15)26(22,23)19-5-3-4-13(11-19)25(20,21)18-6-8-24-9-7-18/h10,12-13H,3-9,11H2,1-2H3,(H,16,17). The highest BCUT2D eigenvalue weighted by molar-refractivity contribution is 7.90. The van der Waals surface area contributed by atoms with Crippen molar-refractivity contribution in [3.05, 3.63) is 12.0 Å². The number of sulfonamides is 2. The molecule has 1 aromatic heterocycles. The molecule has 1 aromatic rings. The number of rotatable bonds is 5. The fraction of sp³-hybridized carbons (Fsp3) is 0.800. The van der Waals surface area contributed by atoms with Crippen molar-refractivity contribution in [3.63, 3.8) is 0 Å². The van der Waals surface area contributed by atoms with Crippen molar-refractivity contribution in [2.24, 2.45) is 0 Å². The van der Waals surface area contributed by atoms with E-state index in [1.54, 1.807) is 0 Å². The fourth-order valence-electron chi connectivity index (χ4n) is 3.26. The number of nitrogens with one attached hydrogen (secondary N) is 1. The van der Waals surface area contributed by atoms with E-state index in [4.69, 9.17) is 4.74 Å². The number of aromatic nitrogens is 2. The molecule has 0 radical (unpaired) electrons. The minimum Gasteiger partial charge on any atom is -0.379 e. The van der Waals surface area contributed by atoms with Crippen LogP contribution in [0.1, 0.15) is 38.4 Å². The molecule has 2 aliphatic heterocycles. The highest BCUT2D eigenvalue weighted by Gasteiger charge is 2.40. The van der Waals surface area contributed by atoms with E-state index >= 15 is 0 Å². The Morgan fingerprint density at radius 3 is 2.46 bits per heavy atom. The van der Waals surface area contributed by atoms with Crippen molar-refractivity contribution >= 4 is 20.0 Å². The van der Waals surface area contributed by atoms with Crippen molar-refractivity contribution in [3.8, 4) is 0 Å². The van der Waals surface area contributed by atoms with Crippen LogP contribution in [0.25, 0.3) is 0 Å². The number of nitrogens with zero attached hydrogens (tertiary/aromatic N) is 3. The van der Waals surface area contributed by atoms with Gasteiger partial charge in [-0.3, -0.25) is 0 Å². The first kappa shape index (κ1) is 19.7. The Bertz CT molecular complexity index is 828. The summed E-state index contributed by atoms with van der Waals surface area (Å²) >= 11 is 0. The molecular formula is C15H26N4O5S2. The van der Waals surface area contributed by atoms with Crippen LogP contribution < -0.4 is 0 Å². The molecule has 11 heteroatoms. The average Bonchev–Trinajstić information content (AvgIpc) is 3.14. The molecule has 2 aliphatic rings. The molecule has 2 fully saturated rings. The monoisotopic (exact) mass is 406 g/mol. The second-order valence-electron chi connectivity index (χ2n) is 6.97. The smallest absolute Gasteiger partial charge is 0.260 e. The zero-order chi connectivity index (χ0) is 18.9. The third-order valence-corrected chi connectivity index (χ3v) is 8.92. The maximum absolute atomic E-state index is 12.9. The van der Waals surface area contributed by atoms with E-state index in [0.29, 0.717) is 51.5 Å². The average molecular weight is 407 g/mol. The lowest BCUT2D eigenvalue weighted by molar-refractivity contribution is 0.0722. The number of hydrogen-bond acceptors (Lipinski definition) is 6. The van der Waals surface area contributed by atoms with E-state index in [-0.39, 0.29) is 17.5 Å². The third-order valence-electron chi connectivity index (χ3n) is 4.83. The van der Waals surface area contributed by atoms with Gasteiger partial charge in [0.25, 0.3) is 10.0 Å². The number of H-pyrrole nitrogens is 1. The molecule has 0 aromatic carbocycles. The zero-order valence-electron chi connectivity index (χ0n) is 15.1. The highest BCUT2D eigenvalue weighted by Crippen LogP contribution is 2.26.